The third-order valence-electron chi connectivity index (χ3n) is 4.24. The smallest absolute Gasteiger partial charge is 0.156 e. The zero-order valence-corrected chi connectivity index (χ0v) is 14.1. The summed E-state index contributed by atoms with van der Waals surface area (Å²) >= 11 is 0. The summed E-state index contributed by atoms with van der Waals surface area (Å²) < 4.78 is 3.78. The van der Waals surface area contributed by atoms with Crippen LogP contribution >= 0.6 is 0 Å². The topological polar surface area (TPSA) is 73.5 Å². The Morgan fingerprint density at radius 3 is 2.71 bits per heavy atom. The highest BCUT2D eigenvalue weighted by Crippen LogP contribution is 2.10. The van der Waals surface area contributed by atoms with E-state index in [9.17, 15) is 0 Å². The molecule has 0 aliphatic rings. The van der Waals surface area contributed by atoms with Crippen molar-refractivity contribution in [3.05, 3.63) is 54.6 Å². The Kier molecular flexibility index (Phi) is 5.32. The zero-order valence-electron chi connectivity index (χ0n) is 14.1. The van der Waals surface area contributed by atoms with Gasteiger partial charge in [-0.15, -0.1) is 5.10 Å². The lowest BCUT2D eigenvalue weighted by Crippen LogP contribution is -2.34. The second-order valence-corrected chi connectivity index (χ2v) is 5.92. The molecule has 1 N–H and O–H groups in total. The van der Waals surface area contributed by atoms with Crippen molar-refractivity contribution in [3.8, 4) is 5.69 Å². The molecular weight excluding hydrogens is 302 g/mol. The van der Waals surface area contributed by atoms with Gasteiger partial charge in [0.2, 0.25) is 0 Å². The Labute approximate surface area is 141 Å². The van der Waals surface area contributed by atoms with Crippen LogP contribution in [0.4, 0.5) is 0 Å². The third-order valence-corrected chi connectivity index (χ3v) is 4.24. The van der Waals surface area contributed by atoms with Gasteiger partial charge in [-0.05, 0) is 55.4 Å². The monoisotopic (exact) mass is 325 g/mol. The summed E-state index contributed by atoms with van der Waals surface area (Å²) in [6.07, 6.45) is 5.62. The van der Waals surface area contributed by atoms with E-state index in [1.54, 1.807) is 4.68 Å². The zero-order chi connectivity index (χ0) is 16.8. The maximum atomic E-state index is 4.30. The van der Waals surface area contributed by atoms with Crippen LogP contribution in [0, 0.1) is 0 Å². The molecule has 126 valence electrons. The number of aromatic nitrogens is 6. The van der Waals surface area contributed by atoms with E-state index in [0.29, 0.717) is 12.1 Å². The molecule has 7 nitrogen and oxygen atoms in total. The molecular formula is C17H23N7. The summed E-state index contributed by atoms with van der Waals surface area (Å²) in [5.41, 5.74) is 0.992. The van der Waals surface area contributed by atoms with Crippen LogP contribution in [0.5, 0.6) is 0 Å². The molecule has 0 aliphatic carbocycles. The highest BCUT2D eigenvalue weighted by molar-refractivity contribution is 5.30. The molecule has 0 amide bonds. The summed E-state index contributed by atoms with van der Waals surface area (Å²) in [4.78, 5) is 0. The van der Waals surface area contributed by atoms with Gasteiger partial charge >= 0.3 is 0 Å². The number of benzene rings is 1. The second-order valence-electron chi connectivity index (χ2n) is 5.92. The van der Waals surface area contributed by atoms with Crippen molar-refractivity contribution < 1.29 is 0 Å². The quantitative estimate of drug-likeness (QED) is 0.642. The summed E-state index contributed by atoms with van der Waals surface area (Å²) in [7, 11) is 0. The number of rotatable bonds is 8. The fourth-order valence-electron chi connectivity index (χ4n) is 2.63. The van der Waals surface area contributed by atoms with Gasteiger partial charge in [0.25, 0.3) is 0 Å². The van der Waals surface area contributed by atoms with Crippen molar-refractivity contribution >= 4 is 0 Å². The first-order valence-corrected chi connectivity index (χ1v) is 8.31. The Hall–Kier alpha value is -2.54. The van der Waals surface area contributed by atoms with Gasteiger partial charge in [-0.2, -0.15) is 9.78 Å². The molecule has 1 aromatic carbocycles. The van der Waals surface area contributed by atoms with Gasteiger partial charge in [0.15, 0.2) is 5.82 Å². The van der Waals surface area contributed by atoms with Gasteiger partial charge in [0.05, 0.1) is 11.7 Å². The first-order chi connectivity index (χ1) is 11.8. The predicted octanol–water partition coefficient (Wildman–Crippen LogP) is 2.03. The number of tetrazole rings is 1. The van der Waals surface area contributed by atoms with Crippen LogP contribution in [-0.4, -0.2) is 42.6 Å². The van der Waals surface area contributed by atoms with E-state index < -0.39 is 0 Å². The Balaban J connectivity index is 1.48. The number of nitrogens with one attached hydrogen (secondary N) is 1. The molecule has 0 aliphatic heterocycles. The summed E-state index contributed by atoms with van der Waals surface area (Å²) in [6.45, 7) is 5.26. The Morgan fingerprint density at radius 1 is 1.12 bits per heavy atom. The molecule has 0 saturated heterocycles. The molecule has 2 atom stereocenters. The average molecular weight is 325 g/mol. The molecule has 0 bridgehead atoms. The van der Waals surface area contributed by atoms with Crippen molar-refractivity contribution in [3.63, 3.8) is 0 Å². The minimum Gasteiger partial charge on any atom is -0.312 e. The molecule has 0 unspecified atom stereocenters. The van der Waals surface area contributed by atoms with E-state index >= 15 is 0 Å². The first kappa shape index (κ1) is 16.3. The standard InChI is InChI=1S/C17H23N7/c1-14(15(2)23-13-7-12-19-23)18-11-6-10-17-20-21-22-24(17)16-8-4-3-5-9-16/h3-5,7-9,12-15,18H,6,10-11H2,1-2H3/t14-,15-/m1/s1. The van der Waals surface area contributed by atoms with E-state index in [1.807, 2.05) is 53.5 Å². The van der Waals surface area contributed by atoms with Crippen molar-refractivity contribution in [1.29, 1.82) is 0 Å². The largest absolute Gasteiger partial charge is 0.312 e. The summed E-state index contributed by atoms with van der Waals surface area (Å²) in [5, 5.41) is 19.9. The average Bonchev–Trinajstić information content (AvgIpc) is 3.30. The minimum absolute atomic E-state index is 0.314. The highest BCUT2D eigenvalue weighted by atomic mass is 15.5. The molecule has 2 heterocycles. The van der Waals surface area contributed by atoms with Gasteiger partial charge in [0, 0.05) is 24.9 Å². The van der Waals surface area contributed by atoms with Crippen molar-refractivity contribution in [2.75, 3.05) is 6.54 Å². The predicted molar refractivity (Wildman–Crippen MR) is 91.9 cm³/mol. The number of para-hydroxylation sites is 1. The van der Waals surface area contributed by atoms with Crippen LogP contribution in [0.2, 0.25) is 0 Å². The van der Waals surface area contributed by atoms with E-state index in [4.69, 9.17) is 0 Å². The first-order valence-electron chi connectivity index (χ1n) is 8.31. The molecule has 0 spiro atoms. The number of aryl methyl sites for hydroxylation is 1. The van der Waals surface area contributed by atoms with Crippen LogP contribution in [0.25, 0.3) is 5.69 Å². The molecule has 0 fully saturated rings. The summed E-state index contributed by atoms with van der Waals surface area (Å²) in [5.74, 6) is 0.885. The van der Waals surface area contributed by atoms with Crippen LogP contribution in [0.3, 0.4) is 0 Å². The van der Waals surface area contributed by atoms with Crippen molar-refractivity contribution in [2.45, 2.75) is 38.8 Å². The number of nitrogens with zero attached hydrogens (tertiary/aromatic N) is 6. The maximum absolute atomic E-state index is 4.30. The Bertz CT molecular complexity index is 721. The van der Waals surface area contributed by atoms with Crippen molar-refractivity contribution in [1.82, 2.24) is 35.3 Å². The van der Waals surface area contributed by atoms with Crippen LogP contribution in [-0.2, 0) is 6.42 Å². The van der Waals surface area contributed by atoms with E-state index in [2.05, 4.69) is 39.8 Å². The summed E-state index contributed by atoms with van der Waals surface area (Å²) in [6, 6.07) is 12.6. The number of hydrogen-bond donors (Lipinski definition) is 1. The van der Waals surface area contributed by atoms with Gasteiger partial charge in [-0.1, -0.05) is 18.2 Å². The molecule has 3 rings (SSSR count). The van der Waals surface area contributed by atoms with Gasteiger partial charge in [-0.25, -0.2) is 0 Å². The highest BCUT2D eigenvalue weighted by Gasteiger charge is 2.13. The molecule has 7 heteroatoms. The third kappa shape index (κ3) is 3.86. The molecule has 0 radical (unpaired) electrons. The second kappa shape index (κ2) is 7.83. The normalized spacial score (nSPS) is 13.8. The van der Waals surface area contributed by atoms with Crippen LogP contribution in [0.1, 0.15) is 32.1 Å². The van der Waals surface area contributed by atoms with Gasteiger partial charge < -0.3 is 5.32 Å². The fourth-order valence-corrected chi connectivity index (χ4v) is 2.63. The molecule has 24 heavy (non-hydrogen) atoms. The number of hydrogen-bond acceptors (Lipinski definition) is 5. The van der Waals surface area contributed by atoms with Gasteiger partial charge in [-0.3, -0.25) is 4.68 Å². The fraction of sp³-hybridized carbons (Fsp3) is 0.412. The maximum Gasteiger partial charge on any atom is 0.156 e. The molecule has 3 aromatic rings. The Morgan fingerprint density at radius 2 is 1.96 bits per heavy atom. The lowest BCUT2D eigenvalue weighted by atomic mass is 10.1. The van der Waals surface area contributed by atoms with Gasteiger partial charge in [0.1, 0.15) is 0 Å². The lowest BCUT2D eigenvalue weighted by molar-refractivity contribution is 0.364. The lowest BCUT2D eigenvalue weighted by Gasteiger charge is -2.21. The minimum atomic E-state index is 0.314. The van der Waals surface area contributed by atoms with Crippen LogP contribution < -0.4 is 5.32 Å². The van der Waals surface area contributed by atoms with Crippen LogP contribution in [0.15, 0.2) is 48.8 Å². The van der Waals surface area contributed by atoms with E-state index in [-0.39, 0.29) is 0 Å². The van der Waals surface area contributed by atoms with E-state index in [0.717, 1.165) is 30.9 Å². The van der Waals surface area contributed by atoms with Crippen molar-refractivity contribution in [2.24, 2.45) is 0 Å². The molecule has 2 aromatic heterocycles. The molecule has 0 saturated carbocycles. The SMILES string of the molecule is C[C@H]([C@@H](C)NCCCc1nnnn1-c1ccccc1)n1cccn1. The van der Waals surface area contributed by atoms with E-state index in [1.165, 1.54) is 0 Å².